The van der Waals surface area contributed by atoms with Gasteiger partial charge < -0.3 is 10.6 Å². The fourth-order valence-corrected chi connectivity index (χ4v) is 2.83. The fourth-order valence-electron chi connectivity index (χ4n) is 2.70. The Hall–Kier alpha value is -0.940. The maximum atomic E-state index is 13.5. The van der Waals surface area contributed by atoms with Crippen molar-refractivity contribution in [3.8, 4) is 0 Å². The molecule has 2 N–H and O–H groups in total. The van der Waals surface area contributed by atoms with Gasteiger partial charge in [0.2, 0.25) is 5.28 Å². The van der Waals surface area contributed by atoms with Crippen molar-refractivity contribution in [3.05, 3.63) is 17.3 Å². The van der Waals surface area contributed by atoms with Crippen LogP contribution in [0, 0.1) is 17.7 Å². The Morgan fingerprint density at radius 2 is 2.44 bits per heavy atom. The van der Waals surface area contributed by atoms with Crippen molar-refractivity contribution < 1.29 is 4.39 Å². The third kappa shape index (κ3) is 1.25. The number of aromatic nitrogens is 2. The quantitative estimate of drug-likeness (QED) is 0.748. The Kier molecular flexibility index (Phi) is 1.95. The van der Waals surface area contributed by atoms with Crippen molar-refractivity contribution in [1.29, 1.82) is 0 Å². The van der Waals surface area contributed by atoms with Crippen LogP contribution in [-0.4, -0.2) is 28.6 Å². The first-order valence-corrected chi connectivity index (χ1v) is 5.62. The van der Waals surface area contributed by atoms with E-state index >= 15 is 0 Å². The molecule has 0 aromatic carbocycles. The van der Waals surface area contributed by atoms with Crippen LogP contribution in [0.2, 0.25) is 5.28 Å². The molecule has 0 radical (unpaired) electrons. The highest BCUT2D eigenvalue weighted by molar-refractivity contribution is 6.28. The van der Waals surface area contributed by atoms with Crippen LogP contribution < -0.4 is 10.6 Å². The highest BCUT2D eigenvalue weighted by Crippen LogP contribution is 2.53. The van der Waals surface area contributed by atoms with E-state index in [2.05, 4.69) is 16.9 Å². The Labute approximate surface area is 97.6 Å². The van der Waals surface area contributed by atoms with E-state index in [9.17, 15) is 4.39 Å². The number of nitrogens with zero attached hydrogens (tertiary/aromatic N) is 3. The van der Waals surface area contributed by atoms with Gasteiger partial charge >= 0.3 is 0 Å². The summed E-state index contributed by atoms with van der Waals surface area (Å²) in [4.78, 5) is 9.36. The van der Waals surface area contributed by atoms with E-state index in [1.54, 1.807) is 0 Å². The van der Waals surface area contributed by atoms with Gasteiger partial charge in [-0.25, -0.2) is 9.37 Å². The van der Waals surface area contributed by atoms with Gasteiger partial charge in [-0.1, -0.05) is 6.92 Å². The molecule has 1 aromatic heterocycles. The fraction of sp³-hybridized carbons (Fsp3) is 0.600. The van der Waals surface area contributed by atoms with Crippen LogP contribution in [0.4, 0.5) is 10.2 Å². The van der Waals surface area contributed by atoms with Crippen LogP contribution in [0.5, 0.6) is 0 Å². The summed E-state index contributed by atoms with van der Waals surface area (Å²) < 4.78 is 13.5. The molecule has 0 bridgehead atoms. The van der Waals surface area contributed by atoms with Crippen LogP contribution in [0.15, 0.2) is 6.20 Å². The summed E-state index contributed by atoms with van der Waals surface area (Å²) in [6.45, 7) is 3.52. The second-order valence-corrected chi connectivity index (χ2v) is 5.04. The first kappa shape index (κ1) is 10.2. The van der Waals surface area contributed by atoms with Gasteiger partial charge in [0.15, 0.2) is 11.6 Å². The molecule has 3 atom stereocenters. The molecule has 2 heterocycles. The SMILES string of the molecule is C[C@@H]1[C@@H]2CN(c3nc(Cl)ncc3F)C[C@]12N. The van der Waals surface area contributed by atoms with Gasteiger partial charge in [0.05, 0.1) is 6.20 Å². The molecule has 6 heteroatoms. The molecule has 0 spiro atoms. The molecule has 0 amide bonds. The molecule has 1 saturated heterocycles. The van der Waals surface area contributed by atoms with Crippen LogP contribution in [-0.2, 0) is 0 Å². The van der Waals surface area contributed by atoms with E-state index in [1.807, 2.05) is 4.90 Å². The number of piperidine rings is 1. The second kappa shape index (κ2) is 3.05. The van der Waals surface area contributed by atoms with Crippen LogP contribution in [0.1, 0.15) is 6.92 Å². The third-order valence-electron chi connectivity index (χ3n) is 3.91. The molecule has 16 heavy (non-hydrogen) atoms. The largest absolute Gasteiger partial charge is 0.352 e. The number of halogens is 2. The van der Waals surface area contributed by atoms with Crippen molar-refractivity contribution in [2.24, 2.45) is 17.6 Å². The second-order valence-electron chi connectivity index (χ2n) is 4.70. The zero-order valence-electron chi connectivity index (χ0n) is 8.82. The van der Waals surface area contributed by atoms with Gasteiger partial charge in [-0.05, 0) is 17.5 Å². The molecular weight excluding hydrogens is 231 g/mol. The minimum atomic E-state index is -0.443. The Morgan fingerprint density at radius 1 is 1.69 bits per heavy atom. The van der Waals surface area contributed by atoms with Crippen molar-refractivity contribution in [3.63, 3.8) is 0 Å². The molecular formula is C10H12ClFN4. The lowest BCUT2D eigenvalue weighted by molar-refractivity contribution is 0.582. The average molecular weight is 243 g/mol. The number of rotatable bonds is 1. The zero-order chi connectivity index (χ0) is 11.5. The monoisotopic (exact) mass is 242 g/mol. The van der Waals surface area contributed by atoms with E-state index in [0.29, 0.717) is 18.4 Å². The van der Waals surface area contributed by atoms with E-state index < -0.39 is 5.82 Å². The van der Waals surface area contributed by atoms with Gasteiger partial charge in [0.1, 0.15) is 0 Å². The number of hydrogen-bond donors (Lipinski definition) is 1. The summed E-state index contributed by atoms with van der Waals surface area (Å²) in [6, 6.07) is 0. The minimum absolute atomic E-state index is 0.0658. The van der Waals surface area contributed by atoms with Crippen molar-refractivity contribution in [2.45, 2.75) is 12.5 Å². The van der Waals surface area contributed by atoms with Crippen LogP contribution in [0.3, 0.4) is 0 Å². The smallest absolute Gasteiger partial charge is 0.224 e. The first-order valence-electron chi connectivity index (χ1n) is 5.24. The standard InChI is InChI=1S/C10H12ClFN4/c1-5-6-3-16(4-10(5,6)13)8-7(12)2-14-9(11)15-8/h2,5-6H,3-4,13H2,1H3/t5-,6+,10+/m1/s1. The minimum Gasteiger partial charge on any atom is -0.352 e. The summed E-state index contributed by atoms with van der Waals surface area (Å²) in [7, 11) is 0. The van der Waals surface area contributed by atoms with Crippen LogP contribution >= 0.6 is 11.6 Å². The molecule has 1 saturated carbocycles. The number of hydrogen-bond acceptors (Lipinski definition) is 4. The van der Waals surface area contributed by atoms with Crippen molar-refractivity contribution >= 4 is 17.4 Å². The molecule has 1 aliphatic carbocycles. The number of anilines is 1. The molecule has 3 rings (SSSR count). The molecule has 4 nitrogen and oxygen atoms in total. The maximum Gasteiger partial charge on any atom is 0.224 e. The van der Waals surface area contributed by atoms with Gasteiger partial charge in [-0.15, -0.1) is 0 Å². The lowest BCUT2D eigenvalue weighted by Gasteiger charge is -2.22. The van der Waals surface area contributed by atoms with E-state index in [1.165, 1.54) is 0 Å². The number of nitrogens with two attached hydrogens (primary N) is 1. The molecule has 0 unspecified atom stereocenters. The summed E-state index contributed by atoms with van der Waals surface area (Å²) >= 11 is 5.66. The summed E-state index contributed by atoms with van der Waals surface area (Å²) in [6.07, 6.45) is 1.10. The Balaban J connectivity index is 1.88. The van der Waals surface area contributed by atoms with Gasteiger partial charge in [-0.2, -0.15) is 4.98 Å². The first-order chi connectivity index (χ1) is 7.52. The summed E-state index contributed by atoms with van der Waals surface area (Å²) in [5.41, 5.74) is 6.01. The predicted octanol–water partition coefficient (Wildman–Crippen LogP) is 1.05. The highest BCUT2D eigenvalue weighted by Gasteiger charge is 2.64. The topological polar surface area (TPSA) is 55.0 Å². The maximum absolute atomic E-state index is 13.5. The van der Waals surface area contributed by atoms with Crippen molar-refractivity contribution in [2.75, 3.05) is 18.0 Å². The normalized spacial score (nSPS) is 36.4. The molecule has 1 aromatic rings. The highest BCUT2D eigenvalue weighted by atomic mass is 35.5. The third-order valence-corrected chi connectivity index (χ3v) is 4.09. The van der Waals surface area contributed by atoms with E-state index in [0.717, 1.165) is 12.7 Å². The predicted molar refractivity (Wildman–Crippen MR) is 58.8 cm³/mol. The van der Waals surface area contributed by atoms with Gasteiger partial charge in [-0.3, -0.25) is 0 Å². The van der Waals surface area contributed by atoms with E-state index in [4.69, 9.17) is 17.3 Å². The molecule has 2 fully saturated rings. The number of fused-ring (bicyclic) bond motifs is 1. The lowest BCUT2D eigenvalue weighted by atomic mass is 10.2. The molecule has 1 aliphatic heterocycles. The van der Waals surface area contributed by atoms with E-state index in [-0.39, 0.29) is 16.6 Å². The summed E-state index contributed by atoms with van der Waals surface area (Å²) in [5.74, 6) is 0.788. The molecule has 86 valence electrons. The van der Waals surface area contributed by atoms with Gasteiger partial charge in [0, 0.05) is 24.5 Å². The molecule has 2 aliphatic rings. The Bertz CT molecular complexity index is 454. The zero-order valence-corrected chi connectivity index (χ0v) is 9.58. The Morgan fingerprint density at radius 3 is 3.06 bits per heavy atom. The summed E-state index contributed by atoms with van der Waals surface area (Å²) in [5, 5.41) is 0.0658. The lowest BCUT2D eigenvalue weighted by Crippen LogP contribution is -2.36. The van der Waals surface area contributed by atoms with Crippen molar-refractivity contribution in [1.82, 2.24) is 9.97 Å². The van der Waals surface area contributed by atoms with Crippen LogP contribution in [0.25, 0.3) is 0 Å². The van der Waals surface area contributed by atoms with Gasteiger partial charge in [0.25, 0.3) is 0 Å². The average Bonchev–Trinajstić information content (AvgIpc) is 2.61.